The third-order valence-corrected chi connectivity index (χ3v) is 3.23. The summed E-state index contributed by atoms with van der Waals surface area (Å²) in [6.07, 6.45) is 1.45. The molecule has 0 aromatic carbocycles. The topological polar surface area (TPSA) is 52.3 Å². The number of nitrogens with two attached hydrogens (primary N) is 1. The second-order valence-electron chi connectivity index (χ2n) is 2.94. The van der Waals surface area contributed by atoms with Gasteiger partial charge in [-0.1, -0.05) is 41.9 Å². The Bertz CT molecular complexity index is 232. The van der Waals surface area contributed by atoms with Gasteiger partial charge in [-0.25, -0.2) is 4.79 Å². The highest BCUT2D eigenvalue weighted by molar-refractivity contribution is 14.1. The summed E-state index contributed by atoms with van der Waals surface area (Å²) < 4.78 is 5.16. The molecule has 0 rings (SSSR count). The van der Waals surface area contributed by atoms with Gasteiger partial charge in [0, 0.05) is 3.92 Å². The molecule has 80 valence electrons. The molecule has 0 aliphatic rings. The zero-order valence-corrected chi connectivity index (χ0v) is 10.7. The Balaban J connectivity index is 4.11. The van der Waals surface area contributed by atoms with Crippen LogP contribution in [-0.2, 0) is 4.74 Å². The van der Waals surface area contributed by atoms with Gasteiger partial charge in [0.05, 0.1) is 5.92 Å². The Kier molecular flexibility index (Phi) is 7.67. The molecule has 2 unspecified atom stereocenters. The zero-order chi connectivity index (χ0) is 11.0. The van der Waals surface area contributed by atoms with Crippen molar-refractivity contribution in [3.63, 3.8) is 0 Å². The summed E-state index contributed by atoms with van der Waals surface area (Å²) in [5, 5.41) is 0. The molecule has 3 nitrogen and oxygen atoms in total. The van der Waals surface area contributed by atoms with Crippen molar-refractivity contribution in [2.75, 3.05) is 6.61 Å². The van der Waals surface area contributed by atoms with Gasteiger partial charge in [0.25, 0.3) is 0 Å². The van der Waals surface area contributed by atoms with E-state index in [9.17, 15) is 4.79 Å². The Morgan fingerprint density at radius 2 is 2.29 bits per heavy atom. The maximum atomic E-state index is 10.4. The summed E-state index contributed by atoms with van der Waals surface area (Å²) >= 11 is 2.34. The second-order valence-corrected chi connectivity index (χ2v) is 4.54. The first-order valence-electron chi connectivity index (χ1n) is 4.60. The first-order valence-corrected chi connectivity index (χ1v) is 5.85. The van der Waals surface area contributed by atoms with Crippen LogP contribution in [0.1, 0.15) is 26.7 Å². The highest BCUT2D eigenvalue weighted by atomic mass is 127. The van der Waals surface area contributed by atoms with Gasteiger partial charge in [-0.2, -0.15) is 0 Å². The van der Waals surface area contributed by atoms with Crippen LogP contribution in [-0.4, -0.2) is 16.6 Å². The molecule has 0 aromatic rings. The molecular weight excluding hydrogens is 293 g/mol. The highest BCUT2D eigenvalue weighted by Gasteiger charge is 2.17. The summed E-state index contributed by atoms with van der Waals surface area (Å²) in [5.41, 5.74) is 4.90. The Hall–Kier alpha value is -0.440. The molecule has 0 heterocycles. The molecular formula is C10H16INO2. The third kappa shape index (κ3) is 6.08. The lowest BCUT2D eigenvalue weighted by Gasteiger charge is -2.16. The molecule has 0 saturated heterocycles. The zero-order valence-electron chi connectivity index (χ0n) is 8.55. The van der Waals surface area contributed by atoms with E-state index in [1.54, 1.807) is 6.92 Å². The number of carbonyl (C=O) groups excluding carboxylic acids is 1. The summed E-state index contributed by atoms with van der Waals surface area (Å²) in [7, 11) is 0. The quantitative estimate of drug-likeness (QED) is 0.481. The fourth-order valence-electron chi connectivity index (χ4n) is 1.07. The van der Waals surface area contributed by atoms with E-state index >= 15 is 0 Å². The Labute approximate surface area is 98.9 Å². The maximum absolute atomic E-state index is 10.4. The fraction of sp³-hybridized carbons (Fsp3) is 0.700. The first-order chi connectivity index (χ1) is 6.61. The van der Waals surface area contributed by atoms with Gasteiger partial charge in [-0.15, -0.1) is 5.92 Å². The normalized spacial score (nSPS) is 13.6. The predicted octanol–water partition coefficient (Wildman–Crippen LogP) is 2.32. The van der Waals surface area contributed by atoms with Crippen molar-refractivity contribution < 1.29 is 9.53 Å². The van der Waals surface area contributed by atoms with Gasteiger partial charge >= 0.3 is 6.09 Å². The molecule has 14 heavy (non-hydrogen) atoms. The van der Waals surface area contributed by atoms with Crippen LogP contribution in [0.2, 0.25) is 0 Å². The number of primary amides is 1. The lowest BCUT2D eigenvalue weighted by atomic mass is 10.0. The summed E-state index contributed by atoms with van der Waals surface area (Å²) in [6, 6.07) is 0. The number of hydrogen-bond donors (Lipinski definition) is 1. The van der Waals surface area contributed by atoms with E-state index < -0.39 is 6.09 Å². The average molecular weight is 309 g/mol. The first kappa shape index (κ1) is 13.6. The molecule has 0 radical (unpaired) electrons. The van der Waals surface area contributed by atoms with E-state index in [0.29, 0.717) is 10.5 Å². The smallest absolute Gasteiger partial charge is 0.404 e. The van der Waals surface area contributed by atoms with Crippen LogP contribution in [0.4, 0.5) is 4.79 Å². The Morgan fingerprint density at radius 1 is 1.64 bits per heavy atom. The molecule has 0 bridgehead atoms. The van der Waals surface area contributed by atoms with Gasteiger partial charge in [0.2, 0.25) is 0 Å². The molecule has 2 atom stereocenters. The Morgan fingerprint density at radius 3 is 2.71 bits per heavy atom. The van der Waals surface area contributed by atoms with Gasteiger partial charge in [0.1, 0.15) is 6.61 Å². The minimum Gasteiger partial charge on any atom is -0.448 e. The number of hydrogen-bond acceptors (Lipinski definition) is 2. The van der Waals surface area contributed by atoms with Crippen LogP contribution in [0.25, 0.3) is 0 Å². The van der Waals surface area contributed by atoms with E-state index in [1.807, 2.05) is 0 Å². The molecule has 0 aromatic heterocycles. The maximum Gasteiger partial charge on any atom is 0.404 e. The van der Waals surface area contributed by atoms with E-state index in [2.05, 4.69) is 41.4 Å². The number of alkyl halides is 1. The van der Waals surface area contributed by atoms with Crippen LogP contribution in [0.3, 0.4) is 0 Å². The summed E-state index contributed by atoms with van der Waals surface area (Å²) in [6.45, 7) is 4.20. The van der Waals surface area contributed by atoms with Gasteiger partial charge in [-0.05, 0) is 13.3 Å². The number of amides is 1. The van der Waals surface area contributed by atoms with Crippen LogP contribution < -0.4 is 5.73 Å². The predicted molar refractivity (Wildman–Crippen MR) is 65.2 cm³/mol. The number of ether oxygens (including phenoxy) is 1. The van der Waals surface area contributed by atoms with Crippen molar-refractivity contribution in [2.24, 2.45) is 11.7 Å². The van der Waals surface area contributed by atoms with Gasteiger partial charge in [-0.3, -0.25) is 0 Å². The molecule has 0 fully saturated rings. The van der Waals surface area contributed by atoms with Crippen molar-refractivity contribution >= 4 is 28.7 Å². The van der Waals surface area contributed by atoms with Crippen molar-refractivity contribution in [2.45, 2.75) is 30.6 Å². The van der Waals surface area contributed by atoms with Crippen molar-refractivity contribution in [1.29, 1.82) is 0 Å². The number of halogens is 1. The molecule has 0 spiro atoms. The summed E-state index contributed by atoms with van der Waals surface area (Å²) in [4.78, 5) is 10.4. The minimum atomic E-state index is -0.729. The largest absolute Gasteiger partial charge is 0.448 e. The van der Waals surface area contributed by atoms with Crippen LogP contribution >= 0.6 is 22.6 Å². The van der Waals surface area contributed by atoms with Gasteiger partial charge < -0.3 is 10.5 Å². The minimum absolute atomic E-state index is 0.0908. The standard InChI is InChI=1S/C10H16INO2/c1-3-5-8(7-14-10(12)13)9(11)6-4-2/h8-9H,4,6-7H2,1-2H3,(H2,12,13). The van der Waals surface area contributed by atoms with E-state index in [1.165, 1.54) is 0 Å². The van der Waals surface area contributed by atoms with Crippen LogP contribution in [0, 0.1) is 17.8 Å². The van der Waals surface area contributed by atoms with E-state index in [-0.39, 0.29) is 5.92 Å². The van der Waals surface area contributed by atoms with Gasteiger partial charge in [0.15, 0.2) is 0 Å². The fourth-order valence-corrected chi connectivity index (χ4v) is 2.08. The average Bonchev–Trinajstić information content (AvgIpc) is 2.12. The lowest BCUT2D eigenvalue weighted by Crippen LogP contribution is -2.23. The second kappa shape index (κ2) is 7.92. The van der Waals surface area contributed by atoms with E-state index in [4.69, 9.17) is 10.5 Å². The SMILES string of the molecule is CC#CC(COC(N)=O)C(I)CCC. The molecule has 4 heteroatoms. The van der Waals surface area contributed by atoms with Crippen molar-refractivity contribution in [1.82, 2.24) is 0 Å². The summed E-state index contributed by atoms with van der Waals surface area (Å²) in [5.74, 6) is 5.97. The molecule has 0 saturated carbocycles. The monoisotopic (exact) mass is 309 g/mol. The van der Waals surface area contributed by atoms with E-state index in [0.717, 1.165) is 12.8 Å². The van der Waals surface area contributed by atoms with Crippen molar-refractivity contribution in [3.05, 3.63) is 0 Å². The third-order valence-electron chi connectivity index (χ3n) is 1.74. The van der Waals surface area contributed by atoms with Crippen LogP contribution in [0.15, 0.2) is 0 Å². The number of rotatable bonds is 5. The lowest BCUT2D eigenvalue weighted by molar-refractivity contribution is 0.145. The number of carbonyl (C=O) groups is 1. The molecule has 0 aliphatic heterocycles. The highest BCUT2D eigenvalue weighted by Crippen LogP contribution is 2.19. The molecule has 2 N–H and O–H groups in total. The van der Waals surface area contributed by atoms with Crippen molar-refractivity contribution in [3.8, 4) is 11.8 Å². The molecule has 0 aliphatic carbocycles. The van der Waals surface area contributed by atoms with Crippen LogP contribution in [0.5, 0.6) is 0 Å². The molecule has 1 amide bonds.